The van der Waals surface area contributed by atoms with Gasteiger partial charge in [-0.15, -0.1) is 0 Å². The first kappa shape index (κ1) is 17.4. The molecule has 2 aromatic carbocycles. The number of hydrogen-bond acceptors (Lipinski definition) is 2. The van der Waals surface area contributed by atoms with Crippen LogP contribution in [0, 0.1) is 23.3 Å². The topological polar surface area (TPSA) is 41.1 Å². The van der Waals surface area contributed by atoms with Crippen molar-refractivity contribution in [3.8, 4) is 0 Å². The average molecular weight is 352 g/mol. The van der Waals surface area contributed by atoms with Gasteiger partial charge in [0.2, 0.25) is 0 Å². The van der Waals surface area contributed by atoms with Crippen molar-refractivity contribution >= 4 is 5.91 Å². The summed E-state index contributed by atoms with van der Waals surface area (Å²) in [6.45, 7) is 1.05. The van der Waals surface area contributed by atoms with Gasteiger partial charge in [-0.3, -0.25) is 4.79 Å². The van der Waals surface area contributed by atoms with Crippen molar-refractivity contribution in [2.24, 2.45) is 0 Å². The summed E-state index contributed by atoms with van der Waals surface area (Å²) in [6, 6.07) is 5.92. The van der Waals surface area contributed by atoms with Gasteiger partial charge in [0.05, 0.1) is 5.56 Å². The molecule has 0 spiro atoms. The highest BCUT2D eigenvalue weighted by Crippen LogP contribution is 2.27. The molecule has 25 heavy (non-hydrogen) atoms. The minimum atomic E-state index is -0.953. The maximum atomic E-state index is 13.8. The number of piperidine rings is 1. The minimum Gasteiger partial charge on any atom is -0.347 e. The second-order valence-corrected chi connectivity index (χ2v) is 5.98. The van der Waals surface area contributed by atoms with Crippen molar-refractivity contribution in [3.63, 3.8) is 0 Å². The number of carbonyl (C=O) groups is 1. The Morgan fingerprint density at radius 2 is 1.80 bits per heavy atom. The molecule has 3 nitrogen and oxygen atoms in total. The van der Waals surface area contributed by atoms with Crippen molar-refractivity contribution in [1.29, 1.82) is 0 Å². The van der Waals surface area contributed by atoms with E-state index in [9.17, 15) is 22.4 Å². The number of amides is 1. The molecule has 0 radical (unpaired) electrons. The first-order chi connectivity index (χ1) is 12.0. The lowest BCUT2D eigenvalue weighted by Gasteiger charge is -2.33. The van der Waals surface area contributed by atoms with Gasteiger partial charge in [-0.1, -0.05) is 6.07 Å². The third-order valence-electron chi connectivity index (χ3n) is 4.35. The zero-order chi connectivity index (χ0) is 18.0. The highest BCUT2D eigenvalue weighted by atomic mass is 19.2. The largest absolute Gasteiger partial charge is 0.347 e. The lowest BCUT2D eigenvalue weighted by atomic mass is 9.85. The van der Waals surface area contributed by atoms with E-state index in [1.165, 1.54) is 6.07 Å². The van der Waals surface area contributed by atoms with Crippen LogP contribution in [0.5, 0.6) is 0 Å². The van der Waals surface area contributed by atoms with E-state index in [0.717, 1.165) is 24.3 Å². The molecule has 3 rings (SSSR count). The highest BCUT2D eigenvalue weighted by Gasteiger charge is 2.29. The van der Waals surface area contributed by atoms with Crippen LogP contribution in [0.2, 0.25) is 0 Å². The SMILES string of the molecule is O=C(NC1CNCCC1c1ccc(F)c(F)c1)c1ccc(F)cc1F. The van der Waals surface area contributed by atoms with Crippen LogP contribution in [-0.4, -0.2) is 25.0 Å². The summed E-state index contributed by atoms with van der Waals surface area (Å²) >= 11 is 0. The molecule has 1 heterocycles. The number of halogens is 4. The predicted octanol–water partition coefficient (Wildman–Crippen LogP) is 3.12. The van der Waals surface area contributed by atoms with Gasteiger partial charge in [0, 0.05) is 24.6 Å². The Hall–Kier alpha value is -2.41. The summed E-state index contributed by atoms with van der Waals surface area (Å²) in [6.07, 6.45) is 0.599. The Kier molecular flexibility index (Phi) is 5.03. The molecule has 1 aliphatic heterocycles. The molecular weight excluding hydrogens is 336 g/mol. The molecule has 1 fully saturated rings. The molecule has 2 atom stereocenters. The van der Waals surface area contributed by atoms with Gasteiger partial charge in [-0.05, 0) is 42.8 Å². The first-order valence-corrected chi connectivity index (χ1v) is 7.87. The van der Waals surface area contributed by atoms with Crippen molar-refractivity contribution < 1.29 is 22.4 Å². The van der Waals surface area contributed by atoms with Crippen LogP contribution in [0.1, 0.15) is 28.3 Å². The number of rotatable bonds is 3. The highest BCUT2D eigenvalue weighted by molar-refractivity contribution is 5.94. The zero-order valence-corrected chi connectivity index (χ0v) is 13.2. The first-order valence-electron chi connectivity index (χ1n) is 7.87. The number of carbonyl (C=O) groups excluding carboxylic acids is 1. The lowest BCUT2D eigenvalue weighted by molar-refractivity contribution is 0.0920. The van der Waals surface area contributed by atoms with Gasteiger partial charge in [0.15, 0.2) is 11.6 Å². The summed E-state index contributed by atoms with van der Waals surface area (Å²) in [4.78, 5) is 12.3. The molecular formula is C18H16F4N2O. The third-order valence-corrected chi connectivity index (χ3v) is 4.35. The fourth-order valence-corrected chi connectivity index (χ4v) is 3.07. The van der Waals surface area contributed by atoms with Gasteiger partial charge in [0.1, 0.15) is 11.6 Å². The number of benzene rings is 2. The Morgan fingerprint density at radius 3 is 2.52 bits per heavy atom. The van der Waals surface area contributed by atoms with Crippen LogP contribution in [-0.2, 0) is 0 Å². The van der Waals surface area contributed by atoms with E-state index < -0.39 is 35.2 Å². The Bertz CT molecular complexity index is 797. The smallest absolute Gasteiger partial charge is 0.254 e. The van der Waals surface area contributed by atoms with Crippen molar-refractivity contribution in [2.75, 3.05) is 13.1 Å². The van der Waals surface area contributed by atoms with Crippen LogP contribution in [0.25, 0.3) is 0 Å². The monoisotopic (exact) mass is 352 g/mol. The van der Waals surface area contributed by atoms with Crippen LogP contribution in [0.4, 0.5) is 17.6 Å². The molecule has 0 aliphatic carbocycles. The maximum absolute atomic E-state index is 13.8. The normalized spacial score (nSPS) is 20.3. The standard InChI is InChI=1S/C18H16F4N2O/c19-11-2-3-13(15(21)8-11)18(25)24-17-9-23-6-5-12(17)10-1-4-14(20)16(22)7-10/h1-4,7-8,12,17,23H,5-6,9H2,(H,24,25). The number of hydrogen-bond donors (Lipinski definition) is 2. The molecule has 0 bridgehead atoms. The molecule has 7 heteroatoms. The lowest BCUT2D eigenvalue weighted by Crippen LogP contribution is -2.50. The van der Waals surface area contributed by atoms with Crippen LogP contribution in [0.3, 0.4) is 0 Å². The molecule has 1 aliphatic rings. The fourth-order valence-electron chi connectivity index (χ4n) is 3.07. The Balaban J connectivity index is 1.81. The molecule has 0 saturated carbocycles. The van der Waals surface area contributed by atoms with Gasteiger partial charge in [0.25, 0.3) is 5.91 Å². The van der Waals surface area contributed by atoms with Crippen LogP contribution >= 0.6 is 0 Å². The van der Waals surface area contributed by atoms with E-state index >= 15 is 0 Å². The molecule has 2 aromatic rings. The van der Waals surface area contributed by atoms with E-state index in [4.69, 9.17) is 0 Å². The maximum Gasteiger partial charge on any atom is 0.254 e. The Labute approximate surface area is 142 Å². The van der Waals surface area contributed by atoms with E-state index in [1.54, 1.807) is 0 Å². The van der Waals surface area contributed by atoms with Gasteiger partial charge in [-0.25, -0.2) is 17.6 Å². The minimum absolute atomic E-state index is 0.246. The van der Waals surface area contributed by atoms with Crippen molar-refractivity contribution in [3.05, 3.63) is 70.8 Å². The van der Waals surface area contributed by atoms with E-state index in [-0.39, 0.29) is 11.5 Å². The van der Waals surface area contributed by atoms with Gasteiger partial charge >= 0.3 is 0 Å². The fraction of sp³-hybridized carbons (Fsp3) is 0.278. The summed E-state index contributed by atoms with van der Waals surface area (Å²) in [5.74, 6) is -4.54. The van der Waals surface area contributed by atoms with Crippen LogP contribution in [0.15, 0.2) is 36.4 Å². The summed E-state index contributed by atoms with van der Waals surface area (Å²) in [5, 5.41) is 5.80. The molecule has 1 amide bonds. The second kappa shape index (κ2) is 7.23. The van der Waals surface area contributed by atoms with E-state index in [2.05, 4.69) is 10.6 Å². The predicted molar refractivity (Wildman–Crippen MR) is 84.2 cm³/mol. The Morgan fingerprint density at radius 1 is 1.00 bits per heavy atom. The van der Waals surface area contributed by atoms with Crippen LogP contribution < -0.4 is 10.6 Å². The quantitative estimate of drug-likeness (QED) is 0.834. The summed E-state index contributed by atoms with van der Waals surface area (Å²) in [7, 11) is 0. The summed E-state index contributed by atoms with van der Waals surface area (Å²) < 4.78 is 53.4. The average Bonchev–Trinajstić information content (AvgIpc) is 2.58. The van der Waals surface area contributed by atoms with Gasteiger partial charge in [-0.2, -0.15) is 0 Å². The summed E-state index contributed by atoms with van der Waals surface area (Å²) in [5.41, 5.74) is 0.293. The third kappa shape index (κ3) is 3.82. The van der Waals surface area contributed by atoms with Gasteiger partial charge < -0.3 is 10.6 Å². The molecule has 0 aromatic heterocycles. The molecule has 132 valence electrons. The van der Waals surface area contributed by atoms with Crippen molar-refractivity contribution in [1.82, 2.24) is 10.6 Å². The molecule has 1 saturated heterocycles. The second-order valence-electron chi connectivity index (χ2n) is 5.98. The van der Waals surface area contributed by atoms with Crippen molar-refractivity contribution in [2.45, 2.75) is 18.4 Å². The zero-order valence-electron chi connectivity index (χ0n) is 13.2. The van der Waals surface area contributed by atoms with E-state index in [1.807, 2.05) is 0 Å². The van der Waals surface area contributed by atoms with E-state index in [0.29, 0.717) is 31.1 Å². The molecule has 2 unspecified atom stereocenters. The number of nitrogens with one attached hydrogen (secondary N) is 2. The molecule has 2 N–H and O–H groups in total.